The minimum Gasteiger partial charge on any atom is -0.450 e. The lowest BCUT2D eigenvalue weighted by Gasteiger charge is -2.13. The van der Waals surface area contributed by atoms with Crippen molar-refractivity contribution in [3.8, 4) is 0 Å². The van der Waals surface area contributed by atoms with Crippen molar-refractivity contribution in [2.24, 2.45) is 0 Å². The molecule has 1 N–H and O–H groups in total. The number of carbonyl (C=O) groups is 2. The molecule has 0 aliphatic carbocycles. The van der Waals surface area contributed by atoms with Gasteiger partial charge < -0.3 is 19.2 Å². The number of hydrogen-bond acceptors (Lipinski definition) is 5. The molecule has 146 valence electrons. The van der Waals surface area contributed by atoms with Gasteiger partial charge in [-0.05, 0) is 30.5 Å². The molecule has 3 aromatic rings. The second kappa shape index (κ2) is 8.71. The molecule has 0 saturated heterocycles. The molecule has 0 fully saturated rings. The summed E-state index contributed by atoms with van der Waals surface area (Å²) in [5, 5.41) is 3.62. The fraction of sp³-hybridized carbons (Fsp3) is 0.273. The Bertz CT molecular complexity index is 1010. The Kier molecular flexibility index (Phi) is 6.11. The van der Waals surface area contributed by atoms with Crippen LogP contribution in [0.2, 0.25) is 0 Å². The topological polar surface area (TPSA) is 77.8 Å². The Morgan fingerprint density at radius 3 is 2.64 bits per heavy atom. The smallest absolute Gasteiger partial charge is 0.375 e. The summed E-state index contributed by atoms with van der Waals surface area (Å²) in [6.07, 6.45) is 0.788. The molecule has 0 atom stereocenters. The standard InChI is InChI=1S/C22H23NO5/c1-4-15-9-7-8-14(2)20(15)23-19(24)13-27-22(25)21-17(12-26-3)16-10-5-6-11-18(16)28-21/h5-11H,4,12-13H2,1-3H3,(H,23,24). The third-order valence-electron chi connectivity index (χ3n) is 4.51. The Morgan fingerprint density at radius 2 is 1.89 bits per heavy atom. The maximum Gasteiger partial charge on any atom is 0.375 e. The lowest BCUT2D eigenvalue weighted by Crippen LogP contribution is -2.22. The number of hydrogen-bond donors (Lipinski definition) is 1. The third-order valence-corrected chi connectivity index (χ3v) is 4.51. The summed E-state index contributed by atoms with van der Waals surface area (Å²) in [6.45, 7) is 3.74. The molecule has 28 heavy (non-hydrogen) atoms. The maximum atomic E-state index is 12.5. The van der Waals surface area contributed by atoms with Crippen molar-refractivity contribution in [3.63, 3.8) is 0 Å². The van der Waals surface area contributed by atoms with Crippen LogP contribution in [0.3, 0.4) is 0 Å². The largest absolute Gasteiger partial charge is 0.450 e. The van der Waals surface area contributed by atoms with Crippen molar-refractivity contribution >= 4 is 28.5 Å². The van der Waals surface area contributed by atoms with Crippen LogP contribution in [0.5, 0.6) is 0 Å². The van der Waals surface area contributed by atoms with E-state index in [1.165, 1.54) is 7.11 Å². The number of carbonyl (C=O) groups excluding carboxylic acids is 2. The van der Waals surface area contributed by atoms with E-state index in [0.29, 0.717) is 11.1 Å². The number of fused-ring (bicyclic) bond motifs is 1. The highest BCUT2D eigenvalue weighted by molar-refractivity contribution is 5.98. The van der Waals surface area contributed by atoms with Crippen LogP contribution in [0, 0.1) is 6.92 Å². The van der Waals surface area contributed by atoms with Gasteiger partial charge in [-0.1, -0.05) is 43.3 Å². The number of furan rings is 1. The number of aryl methyl sites for hydroxylation is 2. The molecule has 1 heterocycles. The van der Waals surface area contributed by atoms with E-state index < -0.39 is 18.5 Å². The molecule has 0 bridgehead atoms. The highest BCUT2D eigenvalue weighted by Crippen LogP contribution is 2.27. The van der Waals surface area contributed by atoms with E-state index in [-0.39, 0.29) is 12.4 Å². The molecular formula is C22H23NO5. The molecule has 0 aliphatic heterocycles. The van der Waals surface area contributed by atoms with E-state index >= 15 is 0 Å². The normalized spacial score (nSPS) is 10.8. The lowest BCUT2D eigenvalue weighted by molar-refractivity contribution is -0.119. The average Bonchev–Trinajstić information content (AvgIpc) is 3.07. The van der Waals surface area contributed by atoms with Crippen LogP contribution in [-0.4, -0.2) is 25.6 Å². The second-order valence-corrected chi connectivity index (χ2v) is 6.43. The van der Waals surface area contributed by atoms with Crippen molar-refractivity contribution in [2.45, 2.75) is 26.9 Å². The summed E-state index contributed by atoms with van der Waals surface area (Å²) in [4.78, 5) is 24.8. The molecular weight excluding hydrogens is 358 g/mol. The first kappa shape index (κ1) is 19.6. The van der Waals surface area contributed by atoms with Crippen LogP contribution in [0.4, 0.5) is 5.69 Å². The molecule has 0 unspecified atom stereocenters. The number of amides is 1. The highest BCUT2D eigenvalue weighted by atomic mass is 16.5. The number of anilines is 1. The van der Waals surface area contributed by atoms with E-state index in [1.807, 2.05) is 50.2 Å². The summed E-state index contributed by atoms with van der Waals surface area (Å²) in [5.74, 6) is -1.04. The van der Waals surface area contributed by atoms with E-state index in [1.54, 1.807) is 6.07 Å². The van der Waals surface area contributed by atoms with Crippen molar-refractivity contribution in [2.75, 3.05) is 19.0 Å². The van der Waals surface area contributed by atoms with Gasteiger partial charge in [-0.3, -0.25) is 4.79 Å². The van der Waals surface area contributed by atoms with Crippen LogP contribution in [0.15, 0.2) is 46.9 Å². The van der Waals surface area contributed by atoms with Gasteiger partial charge in [0.25, 0.3) is 5.91 Å². The van der Waals surface area contributed by atoms with E-state index in [0.717, 1.165) is 28.6 Å². The zero-order valence-electron chi connectivity index (χ0n) is 16.2. The van der Waals surface area contributed by atoms with Gasteiger partial charge in [0.2, 0.25) is 5.76 Å². The van der Waals surface area contributed by atoms with Gasteiger partial charge in [0.15, 0.2) is 6.61 Å². The number of ether oxygens (including phenoxy) is 2. The average molecular weight is 381 g/mol. The molecule has 6 heteroatoms. The maximum absolute atomic E-state index is 12.5. The first-order valence-corrected chi connectivity index (χ1v) is 9.10. The van der Waals surface area contributed by atoms with Crippen molar-refractivity contribution in [1.29, 1.82) is 0 Å². The zero-order chi connectivity index (χ0) is 20.1. The van der Waals surface area contributed by atoms with E-state index in [9.17, 15) is 9.59 Å². The molecule has 0 spiro atoms. The first-order valence-electron chi connectivity index (χ1n) is 9.10. The van der Waals surface area contributed by atoms with Crippen LogP contribution in [-0.2, 0) is 27.3 Å². The number of methoxy groups -OCH3 is 1. The third kappa shape index (κ3) is 4.07. The van der Waals surface area contributed by atoms with Gasteiger partial charge in [-0.2, -0.15) is 0 Å². The number of para-hydroxylation sites is 2. The number of nitrogens with one attached hydrogen (secondary N) is 1. The highest BCUT2D eigenvalue weighted by Gasteiger charge is 2.22. The molecule has 0 radical (unpaired) electrons. The van der Waals surface area contributed by atoms with Crippen LogP contribution in [0.1, 0.15) is 34.2 Å². The minimum atomic E-state index is -0.695. The summed E-state index contributed by atoms with van der Waals surface area (Å²) in [5.41, 5.74) is 3.92. The molecule has 2 aromatic carbocycles. The van der Waals surface area contributed by atoms with E-state index in [2.05, 4.69) is 5.32 Å². The van der Waals surface area contributed by atoms with Gasteiger partial charge in [0.05, 0.1) is 6.61 Å². The van der Waals surface area contributed by atoms with Gasteiger partial charge in [0, 0.05) is 23.7 Å². The SMILES string of the molecule is CCc1cccc(C)c1NC(=O)COC(=O)c1oc2ccccc2c1COC. The fourth-order valence-corrected chi connectivity index (χ4v) is 3.13. The van der Waals surface area contributed by atoms with Crippen LogP contribution >= 0.6 is 0 Å². The van der Waals surface area contributed by atoms with Gasteiger partial charge >= 0.3 is 5.97 Å². The first-order chi connectivity index (χ1) is 13.5. The number of rotatable bonds is 7. The molecule has 3 rings (SSSR count). The molecule has 0 saturated carbocycles. The van der Waals surface area contributed by atoms with Gasteiger partial charge in [-0.25, -0.2) is 4.79 Å². The van der Waals surface area contributed by atoms with E-state index in [4.69, 9.17) is 13.9 Å². The summed E-state index contributed by atoms with van der Waals surface area (Å²) in [7, 11) is 1.54. The van der Waals surface area contributed by atoms with Gasteiger partial charge in [0.1, 0.15) is 5.58 Å². The number of esters is 1. The Balaban J connectivity index is 1.72. The van der Waals surface area contributed by atoms with Crippen molar-refractivity contribution in [1.82, 2.24) is 0 Å². The second-order valence-electron chi connectivity index (χ2n) is 6.43. The predicted octanol–water partition coefficient (Wildman–Crippen LogP) is 4.25. The van der Waals surface area contributed by atoms with Crippen LogP contribution < -0.4 is 5.32 Å². The predicted molar refractivity (Wildman–Crippen MR) is 106 cm³/mol. The molecule has 1 aromatic heterocycles. The van der Waals surface area contributed by atoms with Gasteiger partial charge in [-0.15, -0.1) is 0 Å². The monoisotopic (exact) mass is 381 g/mol. The lowest BCUT2D eigenvalue weighted by atomic mass is 10.1. The minimum absolute atomic E-state index is 0.0565. The molecule has 1 amide bonds. The quantitative estimate of drug-likeness (QED) is 0.619. The molecule has 0 aliphatic rings. The summed E-state index contributed by atoms with van der Waals surface area (Å²) < 4.78 is 16.0. The Morgan fingerprint density at radius 1 is 1.11 bits per heavy atom. The van der Waals surface area contributed by atoms with Crippen LogP contribution in [0.25, 0.3) is 11.0 Å². The zero-order valence-corrected chi connectivity index (χ0v) is 16.2. The fourth-order valence-electron chi connectivity index (χ4n) is 3.13. The Labute approximate surface area is 163 Å². The van der Waals surface area contributed by atoms with Crippen molar-refractivity contribution in [3.05, 3.63) is 64.9 Å². The number of benzene rings is 2. The summed E-state index contributed by atoms with van der Waals surface area (Å²) in [6, 6.07) is 13.1. The van der Waals surface area contributed by atoms with Crippen molar-refractivity contribution < 1.29 is 23.5 Å². The Hall–Kier alpha value is -3.12. The summed E-state index contributed by atoms with van der Waals surface area (Å²) >= 11 is 0. The molecule has 6 nitrogen and oxygen atoms in total.